The Labute approximate surface area is 329 Å². The van der Waals surface area contributed by atoms with Crippen molar-refractivity contribution in [2.45, 2.75) is 110 Å². The third kappa shape index (κ3) is 10.3. The number of nitrogens with zero attached hydrogens (tertiary/aromatic N) is 1. The average Bonchev–Trinajstić information content (AvgIpc) is 3.49. The fourth-order valence-corrected chi connectivity index (χ4v) is 7.43. The Morgan fingerprint density at radius 2 is 1.48 bits per heavy atom. The van der Waals surface area contributed by atoms with Crippen molar-refractivity contribution in [3.8, 4) is 28.1 Å². The molecule has 2 atom stereocenters. The normalized spacial score (nSPS) is 16.7. The third-order valence-corrected chi connectivity index (χ3v) is 9.53. The summed E-state index contributed by atoms with van der Waals surface area (Å²) in [7, 11) is 0. The van der Waals surface area contributed by atoms with E-state index in [1.54, 1.807) is 12.1 Å². The van der Waals surface area contributed by atoms with Crippen molar-refractivity contribution < 1.29 is 32.9 Å². The van der Waals surface area contributed by atoms with Gasteiger partial charge >= 0.3 is 5.97 Å². The second-order valence-corrected chi connectivity index (χ2v) is 16.1. The lowest BCUT2D eigenvalue weighted by Crippen LogP contribution is -2.46. The molecule has 2 heterocycles. The highest BCUT2D eigenvalue weighted by Gasteiger charge is 2.38. The summed E-state index contributed by atoms with van der Waals surface area (Å²) in [5.74, 6) is -1.23. The summed E-state index contributed by atoms with van der Waals surface area (Å²) in [6.45, 7) is 14.3. The number of ether oxygens (including phenoxy) is 4. The third-order valence-electron chi connectivity index (χ3n) is 9.53. The fourth-order valence-electron chi connectivity index (χ4n) is 7.43. The van der Waals surface area contributed by atoms with E-state index < -0.39 is 11.4 Å². The first-order valence-corrected chi connectivity index (χ1v) is 19.4. The van der Waals surface area contributed by atoms with Gasteiger partial charge in [-0.05, 0) is 112 Å². The average molecular weight is 761 g/mol. The van der Waals surface area contributed by atoms with Crippen LogP contribution in [-0.2, 0) is 32.2 Å². The van der Waals surface area contributed by atoms with Gasteiger partial charge in [-0.1, -0.05) is 74.5 Å². The number of hydrogen-bond acceptors (Lipinski definition) is 6. The van der Waals surface area contributed by atoms with Crippen LogP contribution in [0.3, 0.4) is 0 Å². The van der Waals surface area contributed by atoms with Gasteiger partial charge in [-0.25, -0.2) is 4.39 Å². The summed E-state index contributed by atoms with van der Waals surface area (Å²) < 4.78 is 40.8. The van der Waals surface area contributed by atoms with Crippen molar-refractivity contribution in [2.75, 3.05) is 5.32 Å². The van der Waals surface area contributed by atoms with E-state index in [1.165, 1.54) is 12.1 Å². The Morgan fingerprint density at radius 1 is 0.857 bits per heavy atom. The van der Waals surface area contributed by atoms with E-state index in [4.69, 9.17) is 18.9 Å². The van der Waals surface area contributed by atoms with E-state index in [0.29, 0.717) is 43.0 Å². The molecule has 1 N–H and O–H groups in total. The molecule has 4 aromatic carbocycles. The van der Waals surface area contributed by atoms with Crippen LogP contribution in [0.25, 0.3) is 22.4 Å². The number of nitrogens with one attached hydrogen (secondary N) is 1. The van der Waals surface area contributed by atoms with Gasteiger partial charge in [0, 0.05) is 29.9 Å². The monoisotopic (exact) mass is 760 g/mol. The SMILES string of the molecule is CC(C)c1c(C(=O)Nc2ccc(OCc3ccccc3)cc2)c(-c2ccccc2)c(-c2ccc(F)cc2)n1CC[C@@H]1C[C@H](CC(=O)OC(C)(C)C)OC(C)(C)O1. The Balaban J connectivity index is 1.36. The predicted octanol–water partition coefficient (Wildman–Crippen LogP) is 10.9. The number of aromatic nitrogens is 1. The highest BCUT2D eigenvalue weighted by atomic mass is 19.1. The van der Waals surface area contributed by atoms with Gasteiger partial charge in [-0.15, -0.1) is 0 Å². The van der Waals surface area contributed by atoms with Crippen LogP contribution in [0.4, 0.5) is 10.1 Å². The molecule has 294 valence electrons. The zero-order valence-corrected chi connectivity index (χ0v) is 33.4. The molecule has 0 spiro atoms. The molecule has 1 aliphatic rings. The minimum absolute atomic E-state index is 0.0758. The van der Waals surface area contributed by atoms with E-state index in [0.717, 1.165) is 33.6 Å². The summed E-state index contributed by atoms with van der Waals surface area (Å²) in [6, 6.07) is 33.6. The summed E-state index contributed by atoms with van der Waals surface area (Å²) in [4.78, 5) is 27.5. The minimum Gasteiger partial charge on any atom is -0.489 e. The lowest BCUT2D eigenvalue weighted by atomic mass is 9.94. The maximum atomic E-state index is 14.7. The Hall–Kier alpha value is -5.25. The highest BCUT2D eigenvalue weighted by Crippen LogP contribution is 2.43. The molecule has 8 nitrogen and oxygen atoms in total. The van der Waals surface area contributed by atoms with Crippen LogP contribution in [0.15, 0.2) is 109 Å². The van der Waals surface area contributed by atoms with Gasteiger partial charge < -0.3 is 28.8 Å². The molecular formula is C47H53FN2O6. The van der Waals surface area contributed by atoms with E-state index in [-0.39, 0.29) is 42.2 Å². The number of halogens is 1. The standard InChI is InChI=1S/C47H53FN2O6/c1-31(2)43-42(45(52)49-36-22-24-37(25-23-36)53-30-32-14-10-8-11-15-32)41(33-16-12-9-13-17-33)44(34-18-20-35(48)21-19-34)50(43)27-26-38-28-39(55-47(6,7)54-38)29-40(51)56-46(3,4)5/h8-25,31,38-39H,26-30H2,1-7H3,(H,49,52)/t38-,39-/m1/s1. The van der Waals surface area contributed by atoms with E-state index in [9.17, 15) is 14.0 Å². The van der Waals surface area contributed by atoms with Gasteiger partial charge in [0.1, 0.15) is 23.8 Å². The first kappa shape index (κ1) is 40.4. The summed E-state index contributed by atoms with van der Waals surface area (Å²) in [5.41, 5.74) is 5.70. The molecule has 0 aliphatic carbocycles. The smallest absolute Gasteiger partial charge is 0.308 e. The second kappa shape index (κ2) is 17.3. The molecule has 1 aromatic heterocycles. The number of carbonyl (C=O) groups is 2. The minimum atomic E-state index is -0.921. The van der Waals surface area contributed by atoms with E-state index >= 15 is 0 Å². The quantitative estimate of drug-likeness (QED) is 0.120. The van der Waals surface area contributed by atoms with Crippen LogP contribution in [0.5, 0.6) is 5.75 Å². The van der Waals surface area contributed by atoms with Crippen LogP contribution in [-0.4, -0.2) is 40.0 Å². The summed E-state index contributed by atoms with van der Waals surface area (Å²) in [6.07, 6.45) is 0.539. The zero-order valence-electron chi connectivity index (χ0n) is 33.4. The maximum Gasteiger partial charge on any atom is 0.308 e. The van der Waals surface area contributed by atoms with Crippen molar-refractivity contribution in [1.29, 1.82) is 0 Å². The topological polar surface area (TPSA) is 88.0 Å². The van der Waals surface area contributed by atoms with Gasteiger partial charge in [-0.2, -0.15) is 0 Å². The molecule has 0 unspecified atom stereocenters. The van der Waals surface area contributed by atoms with Gasteiger partial charge in [0.15, 0.2) is 5.79 Å². The van der Waals surface area contributed by atoms with Crippen molar-refractivity contribution >= 4 is 17.6 Å². The lowest BCUT2D eigenvalue weighted by Gasteiger charge is -2.41. The molecule has 1 aliphatic heterocycles. The van der Waals surface area contributed by atoms with Gasteiger partial charge in [0.25, 0.3) is 5.91 Å². The highest BCUT2D eigenvalue weighted by molar-refractivity contribution is 6.12. The van der Waals surface area contributed by atoms with Gasteiger partial charge in [0.05, 0.1) is 29.9 Å². The van der Waals surface area contributed by atoms with Crippen molar-refractivity contribution in [3.63, 3.8) is 0 Å². The van der Waals surface area contributed by atoms with Gasteiger partial charge in [0.2, 0.25) is 0 Å². The Morgan fingerprint density at radius 3 is 2.11 bits per heavy atom. The zero-order chi connectivity index (χ0) is 40.0. The van der Waals surface area contributed by atoms with Crippen molar-refractivity contribution in [2.24, 2.45) is 0 Å². The molecule has 0 saturated carbocycles. The van der Waals surface area contributed by atoms with Crippen molar-refractivity contribution in [3.05, 3.63) is 132 Å². The Bertz CT molecular complexity index is 2090. The first-order valence-electron chi connectivity index (χ1n) is 19.4. The predicted molar refractivity (Wildman–Crippen MR) is 218 cm³/mol. The number of esters is 1. The van der Waals surface area contributed by atoms with Crippen molar-refractivity contribution in [1.82, 2.24) is 4.57 Å². The molecule has 6 rings (SSSR count). The Kier molecular flexibility index (Phi) is 12.5. The molecule has 0 radical (unpaired) electrons. The second-order valence-electron chi connectivity index (χ2n) is 16.1. The van der Waals surface area contributed by atoms with Crippen LogP contribution < -0.4 is 10.1 Å². The molecule has 9 heteroatoms. The molecule has 5 aromatic rings. The lowest BCUT2D eigenvalue weighted by molar-refractivity contribution is -0.301. The molecule has 1 amide bonds. The van der Waals surface area contributed by atoms with E-state index in [1.807, 2.05) is 120 Å². The number of rotatable bonds is 13. The molecule has 1 fully saturated rings. The van der Waals surface area contributed by atoms with Crippen LogP contribution in [0.1, 0.15) is 95.3 Å². The number of benzene rings is 4. The van der Waals surface area contributed by atoms with E-state index in [2.05, 4.69) is 23.7 Å². The van der Waals surface area contributed by atoms with Crippen LogP contribution in [0.2, 0.25) is 0 Å². The summed E-state index contributed by atoms with van der Waals surface area (Å²) >= 11 is 0. The molecule has 0 bridgehead atoms. The molecule has 1 saturated heterocycles. The van der Waals surface area contributed by atoms with Crippen LogP contribution in [0, 0.1) is 5.82 Å². The number of carbonyl (C=O) groups excluding carboxylic acids is 2. The number of anilines is 1. The van der Waals surface area contributed by atoms with Crippen LogP contribution >= 0.6 is 0 Å². The molecular weight excluding hydrogens is 708 g/mol. The first-order chi connectivity index (χ1) is 26.7. The molecule has 56 heavy (non-hydrogen) atoms. The maximum absolute atomic E-state index is 14.7. The number of hydrogen-bond donors (Lipinski definition) is 1. The number of amides is 1. The largest absolute Gasteiger partial charge is 0.489 e. The van der Waals surface area contributed by atoms with Gasteiger partial charge in [-0.3, -0.25) is 9.59 Å². The fraction of sp³-hybridized carbons (Fsp3) is 0.362. The summed E-state index contributed by atoms with van der Waals surface area (Å²) in [5, 5.41) is 3.17.